The second-order valence-corrected chi connectivity index (χ2v) is 6.75. The maximum atomic E-state index is 5.09. The first-order valence-corrected chi connectivity index (χ1v) is 8.67. The number of hydrogen-bond donors (Lipinski definition) is 2. The molecule has 25 heavy (non-hydrogen) atoms. The Bertz CT molecular complexity index is 480. The summed E-state index contributed by atoms with van der Waals surface area (Å²) >= 11 is 0. The van der Waals surface area contributed by atoms with Crippen LogP contribution in [0.3, 0.4) is 0 Å². The summed E-state index contributed by atoms with van der Waals surface area (Å²) in [5, 5.41) is 6.82. The molecule has 2 N–H and O–H groups in total. The van der Waals surface area contributed by atoms with E-state index in [0.29, 0.717) is 0 Å². The Morgan fingerprint density at radius 3 is 2.44 bits per heavy atom. The molecule has 0 aliphatic heterocycles. The van der Waals surface area contributed by atoms with Crippen molar-refractivity contribution in [3.05, 3.63) is 35.9 Å². The molecule has 0 bridgehead atoms. The van der Waals surface area contributed by atoms with E-state index >= 15 is 0 Å². The second-order valence-electron chi connectivity index (χ2n) is 6.75. The number of ether oxygens (including phenoxy) is 1. The Morgan fingerprint density at radius 1 is 1.16 bits per heavy atom. The summed E-state index contributed by atoms with van der Waals surface area (Å²) in [6.07, 6.45) is 1.07. The number of nitrogens with one attached hydrogen (secondary N) is 2. The van der Waals surface area contributed by atoms with E-state index in [2.05, 4.69) is 71.8 Å². The van der Waals surface area contributed by atoms with Gasteiger partial charge in [-0.2, -0.15) is 0 Å². The van der Waals surface area contributed by atoms with Crippen LogP contribution in [0, 0.1) is 0 Å². The van der Waals surface area contributed by atoms with E-state index in [4.69, 9.17) is 4.74 Å². The van der Waals surface area contributed by atoms with E-state index in [1.807, 2.05) is 7.05 Å². The quantitative estimate of drug-likeness (QED) is 0.243. The van der Waals surface area contributed by atoms with Crippen molar-refractivity contribution in [3.63, 3.8) is 0 Å². The minimum absolute atomic E-state index is 0. The minimum Gasteiger partial charge on any atom is -0.383 e. The number of benzene rings is 1. The first-order valence-electron chi connectivity index (χ1n) is 8.67. The van der Waals surface area contributed by atoms with Gasteiger partial charge in [0.05, 0.1) is 6.61 Å². The summed E-state index contributed by atoms with van der Waals surface area (Å²) < 4.78 is 5.09. The van der Waals surface area contributed by atoms with Crippen LogP contribution in [0.5, 0.6) is 0 Å². The fourth-order valence-corrected chi connectivity index (χ4v) is 2.43. The highest BCUT2D eigenvalue weighted by Crippen LogP contribution is 2.21. The van der Waals surface area contributed by atoms with Gasteiger partial charge in [-0.15, -0.1) is 24.0 Å². The number of guanidine groups is 1. The van der Waals surface area contributed by atoms with Crippen molar-refractivity contribution in [1.82, 2.24) is 15.5 Å². The van der Waals surface area contributed by atoms with Crippen LogP contribution in [0.1, 0.15) is 25.8 Å². The van der Waals surface area contributed by atoms with Crippen molar-refractivity contribution in [2.75, 3.05) is 54.0 Å². The van der Waals surface area contributed by atoms with Crippen LogP contribution in [-0.4, -0.2) is 64.9 Å². The summed E-state index contributed by atoms with van der Waals surface area (Å²) in [5.41, 5.74) is 1.38. The van der Waals surface area contributed by atoms with E-state index in [-0.39, 0.29) is 29.4 Å². The van der Waals surface area contributed by atoms with E-state index in [1.165, 1.54) is 5.56 Å². The van der Waals surface area contributed by atoms with Gasteiger partial charge >= 0.3 is 0 Å². The summed E-state index contributed by atoms with van der Waals surface area (Å²) in [6, 6.07) is 10.6. The maximum absolute atomic E-state index is 5.09. The molecule has 0 radical (unpaired) electrons. The van der Waals surface area contributed by atoms with Crippen molar-refractivity contribution in [3.8, 4) is 0 Å². The average Bonchev–Trinajstić information content (AvgIpc) is 2.60. The van der Waals surface area contributed by atoms with Crippen LogP contribution in [0.15, 0.2) is 35.3 Å². The summed E-state index contributed by atoms with van der Waals surface area (Å²) in [5.74, 6) is 0.860. The normalized spacial score (nSPS) is 12.0. The average molecular weight is 462 g/mol. The van der Waals surface area contributed by atoms with Crippen LogP contribution in [-0.2, 0) is 10.2 Å². The summed E-state index contributed by atoms with van der Waals surface area (Å²) in [6.45, 7) is 9.02. The Balaban J connectivity index is 0.00000576. The zero-order chi connectivity index (χ0) is 17.8. The third kappa shape index (κ3) is 10.0. The highest BCUT2D eigenvalue weighted by Gasteiger charge is 2.20. The standard InChI is InChI=1S/C19H34N4O.HI/c1-19(2,17-10-7-6-8-11-17)16-22-18(20-3)21-12-9-13-23(4)14-15-24-5;/h6-8,10-11H,9,12-16H2,1-5H3,(H2,20,21,22);1H. The largest absolute Gasteiger partial charge is 0.383 e. The molecule has 6 heteroatoms. The van der Waals surface area contributed by atoms with Gasteiger partial charge in [-0.1, -0.05) is 44.2 Å². The molecule has 0 unspecified atom stereocenters. The van der Waals surface area contributed by atoms with Crippen molar-refractivity contribution >= 4 is 29.9 Å². The van der Waals surface area contributed by atoms with E-state index in [9.17, 15) is 0 Å². The van der Waals surface area contributed by atoms with Gasteiger partial charge in [0, 0.05) is 39.2 Å². The lowest BCUT2D eigenvalue weighted by molar-refractivity contribution is 0.161. The molecule has 5 nitrogen and oxygen atoms in total. The van der Waals surface area contributed by atoms with Gasteiger partial charge in [0.1, 0.15) is 0 Å². The Hall–Kier alpha value is -0.860. The molecule has 0 saturated heterocycles. The predicted molar refractivity (Wildman–Crippen MR) is 118 cm³/mol. The molecule has 0 spiro atoms. The van der Waals surface area contributed by atoms with Gasteiger partial charge in [0.25, 0.3) is 0 Å². The summed E-state index contributed by atoms with van der Waals surface area (Å²) in [7, 11) is 5.67. The minimum atomic E-state index is 0. The third-order valence-corrected chi connectivity index (χ3v) is 4.16. The molecule has 0 aliphatic rings. The predicted octanol–water partition coefficient (Wildman–Crippen LogP) is 2.72. The molecule has 1 aromatic rings. The molecule has 0 aliphatic carbocycles. The fourth-order valence-electron chi connectivity index (χ4n) is 2.43. The number of nitrogens with zero attached hydrogens (tertiary/aromatic N) is 2. The van der Waals surface area contributed by atoms with E-state index in [1.54, 1.807) is 7.11 Å². The Kier molecular flexibility index (Phi) is 12.9. The van der Waals surface area contributed by atoms with Gasteiger partial charge in [0.15, 0.2) is 5.96 Å². The number of halogens is 1. The fraction of sp³-hybridized carbons (Fsp3) is 0.632. The molecule has 0 heterocycles. The SMILES string of the molecule is CN=C(NCCCN(C)CCOC)NCC(C)(C)c1ccccc1.I. The molecular formula is C19H35IN4O. The van der Waals surface area contributed by atoms with Crippen molar-refractivity contribution in [2.24, 2.45) is 4.99 Å². The monoisotopic (exact) mass is 462 g/mol. The van der Waals surface area contributed by atoms with Crippen LogP contribution < -0.4 is 10.6 Å². The molecule has 0 fully saturated rings. The topological polar surface area (TPSA) is 48.9 Å². The lowest BCUT2D eigenvalue weighted by atomic mass is 9.85. The highest BCUT2D eigenvalue weighted by atomic mass is 127. The molecule has 144 valence electrons. The number of hydrogen-bond acceptors (Lipinski definition) is 3. The molecule has 0 atom stereocenters. The number of methoxy groups -OCH3 is 1. The van der Waals surface area contributed by atoms with Gasteiger partial charge < -0.3 is 20.3 Å². The Labute approximate surface area is 170 Å². The van der Waals surface area contributed by atoms with Crippen molar-refractivity contribution in [1.29, 1.82) is 0 Å². The van der Waals surface area contributed by atoms with Gasteiger partial charge in [-0.3, -0.25) is 4.99 Å². The third-order valence-electron chi connectivity index (χ3n) is 4.16. The van der Waals surface area contributed by atoms with Gasteiger partial charge in [-0.05, 0) is 25.6 Å². The smallest absolute Gasteiger partial charge is 0.191 e. The lowest BCUT2D eigenvalue weighted by Crippen LogP contribution is -2.44. The first kappa shape index (κ1) is 24.1. The first-order chi connectivity index (χ1) is 11.5. The molecule has 0 amide bonds. The molecule has 0 saturated carbocycles. The lowest BCUT2D eigenvalue weighted by Gasteiger charge is -2.27. The maximum Gasteiger partial charge on any atom is 0.191 e. The molecule has 1 rings (SSSR count). The van der Waals surface area contributed by atoms with Crippen LogP contribution in [0.25, 0.3) is 0 Å². The zero-order valence-electron chi connectivity index (χ0n) is 16.3. The molecular weight excluding hydrogens is 427 g/mol. The van der Waals surface area contributed by atoms with E-state index < -0.39 is 0 Å². The van der Waals surface area contributed by atoms with Gasteiger partial charge in [-0.25, -0.2) is 0 Å². The van der Waals surface area contributed by atoms with Crippen LogP contribution in [0.2, 0.25) is 0 Å². The zero-order valence-corrected chi connectivity index (χ0v) is 18.7. The molecule has 1 aromatic carbocycles. The van der Waals surface area contributed by atoms with E-state index in [0.717, 1.165) is 45.2 Å². The van der Waals surface area contributed by atoms with Crippen molar-refractivity contribution < 1.29 is 4.74 Å². The van der Waals surface area contributed by atoms with Gasteiger partial charge in [0.2, 0.25) is 0 Å². The molecule has 0 aromatic heterocycles. The van der Waals surface area contributed by atoms with Crippen LogP contribution in [0.4, 0.5) is 0 Å². The number of aliphatic imine (C=N–C) groups is 1. The van der Waals surface area contributed by atoms with Crippen molar-refractivity contribution in [2.45, 2.75) is 25.7 Å². The second kappa shape index (κ2) is 13.4. The summed E-state index contributed by atoms with van der Waals surface area (Å²) in [4.78, 5) is 6.59. The number of rotatable bonds is 10. The Morgan fingerprint density at radius 2 is 1.84 bits per heavy atom. The number of likely N-dealkylation sites (N-methyl/N-ethyl adjacent to an activating group) is 1. The highest BCUT2D eigenvalue weighted by molar-refractivity contribution is 14.0. The van der Waals surface area contributed by atoms with Crippen LogP contribution >= 0.6 is 24.0 Å².